The molecule has 0 radical (unpaired) electrons. The van der Waals surface area contributed by atoms with E-state index in [4.69, 9.17) is 40.5 Å². The van der Waals surface area contributed by atoms with Gasteiger partial charge in [0.15, 0.2) is 0 Å². The van der Waals surface area contributed by atoms with Gasteiger partial charge >= 0.3 is 0 Å². The van der Waals surface area contributed by atoms with Crippen LogP contribution < -0.4 is 20.7 Å². The van der Waals surface area contributed by atoms with E-state index in [1.54, 1.807) is 79.7 Å². The van der Waals surface area contributed by atoms with Gasteiger partial charge in [-0.15, -0.1) is 0 Å². The number of nitrogens with one attached hydrogen (secondary N) is 2. The Labute approximate surface area is 281 Å². The van der Waals surface area contributed by atoms with Gasteiger partial charge in [0.25, 0.3) is 5.91 Å². The number of allylic oxidation sites excluding steroid dienone is 1. The lowest BCUT2D eigenvalue weighted by Gasteiger charge is -2.17. The number of benzene rings is 3. The lowest BCUT2D eigenvalue weighted by atomic mass is 10.1. The van der Waals surface area contributed by atoms with Crippen molar-refractivity contribution in [3.63, 3.8) is 0 Å². The molecule has 1 aliphatic rings. The van der Waals surface area contributed by atoms with Gasteiger partial charge in [0.2, 0.25) is 0 Å². The SMILES string of the molecule is C/C=C(/Cl)CN.CC.CCC.CNc1cc(NC(=O)c2ccc(N3CCCS3)c(F)c2)ccc1Cl.O=Cc1cccc(Cl)c1. The lowest BCUT2D eigenvalue weighted by Crippen LogP contribution is -2.14. The highest BCUT2D eigenvalue weighted by Crippen LogP contribution is 2.31. The van der Waals surface area contributed by atoms with Crippen LogP contribution in [-0.2, 0) is 0 Å². The fraction of sp³-hybridized carbons (Fsp3) is 0.333. The van der Waals surface area contributed by atoms with Crippen molar-refractivity contribution in [1.29, 1.82) is 0 Å². The molecule has 3 aromatic carbocycles. The zero-order valence-electron chi connectivity index (χ0n) is 26.2. The van der Waals surface area contributed by atoms with Crippen LogP contribution in [0.2, 0.25) is 10.0 Å². The summed E-state index contributed by atoms with van der Waals surface area (Å²) in [5.41, 5.74) is 7.80. The van der Waals surface area contributed by atoms with Crippen molar-refractivity contribution in [2.24, 2.45) is 5.73 Å². The molecule has 1 fully saturated rings. The van der Waals surface area contributed by atoms with Crippen molar-refractivity contribution >= 4 is 76.0 Å². The van der Waals surface area contributed by atoms with E-state index in [1.165, 1.54) is 12.5 Å². The van der Waals surface area contributed by atoms with Gasteiger partial charge in [-0.2, -0.15) is 0 Å². The molecule has 0 bridgehead atoms. The standard InChI is InChI=1S/C17H17ClFN3OS.C7H5ClO.C4H8ClN.C3H8.C2H6/c1-20-15-10-12(4-5-13(15)18)21-17(23)11-3-6-16(14(19)9-11)22-7-2-8-24-22;8-7-3-1-2-6(4-7)5-9;1-2-4(5)3-6;1-3-2;1-2/h3-6,9-10,20H,2,7-8H2,1H3,(H,21,23);1-5H;2H,3,6H2,1H3;3H2,1-2H3;1-2H3/b;;4-2+;;. The summed E-state index contributed by atoms with van der Waals surface area (Å²) in [7, 11) is 1.75. The molecule has 0 atom stereocenters. The maximum atomic E-state index is 14.3. The third-order valence-corrected chi connectivity index (χ3v) is 7.32. The predicted octanol–water partition coefficient (Wildman–Crippen LogP) is 10.3. The Balaban J connectivity index is 0.000000757. The van der Waals surface area contributed by atoms with Crippen molar-refractivity contribution in [1.82, 2.24) is 0 Å². The third-order valence-electron chi connectivity index (χ3n) is 5.22. The maximum Gasteiger partial charge on any atom is 0.255 e. The number of aldehydes is 1. The van der Waals surface area contributed by atoms with Gasteiger partial charge < -0.3 is 20.7 Å². The topological polar surface area (TPSA) is 87.5 Å². The molecule has 4 N–H and O–H groups in total. The van der Waals surface area contributed by atoms with Crippen molar-refractivity contribution in [2.45, 2.75) is 47.5 Å². The molecule has 1 aliphatic heterocycles. The molecule has 0 saturated carbocycles. The van der Waals surface area contributed by atoms with E-state index in [2.05, 4.69) is 24.5 Å². The van der Waals surface area contributed by atoms with Gasteiger partial charge in [0, 0.05) is 52.8 Å². The molecule has 6 nitrogen and oxygen atoms in total. The molecule has 242 valence electrons. The van der Waals surface area contributed by atoms with Crippen LogP contribution in [0, 0.1) is 5.82 Å². The summed E-state index contributed by atoms with van der Waals surface area (Å²) >= 11 is 18.6. The number of halogens is 4. The molecule has 0 aromatic heterocycles. The molecule has 0 spiro atoms. The van der Waals surface area contributed by atoms with Gasteiger partial charge in [-0.1, -0.05) is 87.1 Å². The number of carbonyl (C=O) groups excluding carboxylic acids is 2. The minimum Gasteiger partial charge on any atom is -0.387 e. The fourth-order valence-electron chi connectivity index (χ4n) is 3.18. The van der Waals surface area contributed by atoms with E-state index in [0.29, 0.717) is 39.2 Å². The minimum absolute atomic E-state index is 0.279. The van der Waals surface area contributed by atoms with E-state index in [1.807, 2.05) is 25.1 Å². The second-order valence-corrected chi connectivity index (χ2v) is 11.1. The molecule has 4 rings (SSSR count). The Morgan fingerprint density at radius 2 is 1.77 bits per heavy atom. The Morgan fingerprint density at radius 1 is 1.09 bits per heavy atom. The van der Waals surface area contributed by atoms with Crippen molar-refractivity contribution in [2.75, 3.05) is 40.8 Å². The van der Waals surface area contributed by atoms with Gasteiger partial charge in [0.1, 0.15) is 12.1 Å². The second-order valence-electron chi connectivity index (χ2n) is 8.67. The largest absolute Gasteiger partial charge is 0.387 e. The minimum atomic E-state index is -0.385. The van der Waals surface area contributed by atoms with Crippen LogP contribution >= 0.6 is 46.8 Å². The van der Waals surface area contributed by atoms with E-state index in [-0.39, 0.29) is 17.3 Å². The summed E-state index contributed by atoms with van der Waals surface area (Å²) in [5, 5.41) is 7.58. The zero-order valence-corrected chi connectivity index (χ0v) is 29.3. The van der Waals surface area contributed by atoms with Crippen LogP contribution in [-0.4, -0.2) is 38.1 Å². The van der Waals surface area contributed by atoms with Gasteiger partial charge in [-0.05, 0) is 73.8 Å². The van der Waals surface area contributed by atoms with E-state index in [9.17, 15) is 14.0 Å². The van der Waals surface area contributed by atoms with Crippen molar-refractivity contribution in [3.05, 3.63) is 98.8 Å². The number of hydrogen-bond donors (Lipinski definition) is 3. The van der Waals surface area contributed by atoms with Crippen LogP contribution in [0.25, 0.3) is 0 Å². The molecule has 11 heteroatoms. The van der Waals surface area contributed by atoms with E-state index < -0.39 is 0 Å². The van der Waals surface area contributed by atoms with Crippen molar-refractivity contribution in [3.8, 4) is 0 Å². The summed E-state index contributed by atoms with van der Waals surface area (Å²) in [5.74, 6) is 0.245. The van der Waals surface area contributed by atoms with Crippen LogP contribution in [0.4, 0.5) is 21.5 Å². The fourth-order valence-corrected chi connectivity index (χ4v) is 4.62. The Kier molecular flexibility index (Phi) is 23.0. The number of nitrogens with two attached hydrogens (primary N) is 1. The van der Waals surface area contributed by atoms with Crippen LogP contribution in [0.3, 0.4) is 0 Å². The summed E-state index contributed by atoms with van der Waals surface area (Å²) in [4.78, 5) is 22.4. The first-order valence-electron chi connectivity index (χ1n) is 14.3. The van der Waals surface area contributed by atoms with Gasteiger partial charge in [0.05, 0.1) is 16.4 Å². The van der Waals surface area contributed by atoms with Gasteiger partial charge in [-0.25, -0.2) is 4.39 Å². The van der Waals surface area contributed by atoms with Gasteiger partial charge in [-0.3, -0.25) is 9.59 Å². The van der Waals surface area contributed by atoms with Crippen LogP contribution in [0.1, 0.15) is 68.2 Å². The molecular formula is C33H44Cl3FN4O2S. The summed E-state index contributed by atoms with van der Waals surface area (Å²) in [6.07, 6.45) is 4.84. The first kappa shape index (κ1) is 41.2. The van der Waals surface area contributed by atoms with Crippen molar-refractivity contribution < 1.29 is 14.0 Å². The number of nitrogens with zero attached hydrogens (tertiary/aromatic N) is 1. The smallest absolute Gasteiger partial charge is 0.255 e. The normalized spacial score (nSPS) is 11.6. The molecule has 1 heterocycles. The summed E-state index contributed by atoms with van der Waals surface area (Å²) < 4.78 is 16.2. The Morgan fingerprint density at radius 3 is 2.23 bits per heavy atom. The number of hydrogen-bond acceptors (Lipinski definition) is 6. The summed E-state index contributed by atoms with van der Waals surface area (Å²) in [6, 6.07) is 16.5. The maximum absolute atomic E-state index is 14.3. The number of rotatable bonds is 6. The molecular weight excluding hydrogens is 642 g/mol. The third kappa shape index (κ3) is 15.8. The Bertz CT molecular complexity index is 1310. The first-order chi connectivity index (χ1) is 21.1. The van der Waals surface area contributed by atoms with E-state index in [0.717, 1.165) is 30.0 Å². The number of amides is 1. The quantitative estimate of drug-likeness (QED) is 0.177. The van der Waals surface area contributed by atoms with Crippen LogP contribution in [0.5, 0.6) is 0 Å². The summed E-state index contributed by atoms with van der Waals surface area (Å²) in [6.45, 7) is 11.4. The highest BCUT2D eigenvalue weighted by Gasteiger charge is 2.18. The molecule has 1 saturated heterocycles. The van der Waals surface area contributed by atoms with Crippen LogP contribution in [0.15, 0.2) is 71.8 Å². The average molecular weight is 686 g/mol. The second kappa shape index (κ2) is 24.6. The molecule has 0 unspecified atom stereocenters. The molecule has 44 heavy (non-hydrogen) atoms. The number of anilines is 3. The molecule has 1 amide bonds. The highest BCUT2D eigenvalue weighted by atomic mass is 35.5. The number of carbonyl (C=O) groups is 2. The molecule has 0 aliphatic carbocycles. The van der Waals surface area contributed by atoms with E-state index >= 15 is 0 Å². The lowest BCUT2D eigenvalue weighted by molar-refractivity contribution is 0.102. The highest BCUT2D eigenvalue weighted by molar-refractivity contribution is 8.00. The first-order valence-corrected chi connectivity index (χ1v) is 16.4. The zero-order chi connectivity index (χ0) is 33.5. The predicted molar refractivity (Wildman–Crippen MR) is 193 cm³/mol. The molecule has 3 aromatic rings. The average Bonchev–Trinajstić information content (AvgIpc) is 3.58. The Hall–Kier alpha value is -2.75. The monoisotopic (exact) mass is 684 g/mol.